The van der Waals surface area contributed by atoms with E-state index in [-0.39, 0.29) is 10.9 Å². The molecule has 1 amide bonds. The average molecular weight is 248 g/mol. The zero-order chi connectivity index (χ0) is 9.84. The van der Waals surface area contributed by atoms with Crippen LogP contribution < -0.4 is 0 Å². The van der Waals surface area contributed by atoms with E-state index in [0.717, 1.165) is 18.5 Å². The molecule has 0 aromatic heterocycles. The van der Waals surface area contributed by atoms with Gasteiger partial charge in [-0.15, -0.1) is 0 Å². The molecule has 4 heteroatoms. The van der Waals surface area contributed by atoms with E-state index in [4.69, 9.17) is 4.74 Å². The first-order valence-electron chi connectivity index (χ1n) is 4.38. The molecular formula is C9H14BrNO2. The van der Waals surface area contributed by atoms with Crippen LogP contribution in [-0.2, 0) is 4.74 Å². The zero-order valence-electron chi connectivity index (χ0n) is 7.75. The lowest BCUT2D eigenvalue weighted by atomic mass is 10.1. The molecule has 0 bridgehead atoms. The third kappa shape index (κ3) is 2.72. The Bertz CT molecular complexity index is 218. The van der Waals surface area contributed by atoms with E-state index >= 15 is 0 Å². The van der Waals surface area contributed by atoms with Gasteiger partial charge in [-0.3, -0.25) is 0 Å². The molecule has 74 valence electrons. The minimum absolute atomic E-state index is 0.214. The van der Waals surface area contributed by atoms with Crippen molar-refractivity contribution in [3.63, 3.8) is 0 Å². The summed E-state index contributed by atoms with van der Waals surface area (Å²) in [7, 11) is 0. The molecular weight excluding hydrogens is 234 g/mol. The van der Waals surface area contributed by atoms with Gasteiger partial charge < -0.3 is 9.64 Å². The summed E-state index contributed by atoms with van der Waals surface area (Å²) in [6.07, 6.45) is 0.633. The quantitative estimate of drug-likeness (QED) is 0.525. The van der Waals surface area contributed by atoms with Crippen LogP contribution in [0.25, 0.3) is 0 Å². The first-order valence-corrected chi connectivity index (χ1v) is 5.30. The van der Waals surface area contributed by atoms with Crippen LogP contribution in [0.15, 0.2) is 12.2 Å². The molecule has 0 saturated carbocycles. The largest absolute Gasteiger partial charge is 0.450 e. The highest BCUT2D eigenvalue weighted by molar-refractivity contribution is 9.09. The van der Waals surface area contributed by atoms with E-state index in [1.807, 2.05) is 6.92 Å². The molecule has 1 rings (SSSR count). The number of ether oxygens (including phenoxy) is 1. The number of rotatable bonds is 1. The molecule has 0 N–H and O–H groups in total. The Kier molecular flexibility index (Phi) is 3.78. The number of carbonyl (C=O) groups is 1. The van der Waals surface area contributed by atoms with Crippen LogP contribution in [0.5, 0.6) is 0 Å². The molecule has 0 radical (unpaired) electrons. The number of likely N-dealkylation sites (tertiary alicyclic amines) is 1. The van der Waals surface area contributed by atoms with Crippen LogP contribution >= 0.6 is 15.9 Å². The smallest absolute Gasteiger partial charge is 0.409 e. The highest BCUT2D eigenvalue weighted by Gasteiger charge is 2.24. The molecule has 1 saturated heterocycles. The van der Waals surface area contributed by atoms with Gasteiger partial charge in [-0.1, -0.05) is 28.1 Å². The third-order valence-electron chi connectivity index (χ3n) is 2.05. The maximum Gasteiger partial charge on any atom is 0.409 e. The van der Waals surface area contributed by atoms with E-state index < -0.39 is 0 Å². The minimum atomic E-state index is -0.223. The number of amides is 1. The molecule has 1 unspecified atom stereocenters. The molecule has 1 atom stereocenters. The first-order chi connectivity index (χ1) is 6.15. The lowest BCUT2D eigenvalue weighted by molar-refractivity contribution is 0.105. The van der Waals surface area contributed by atoms with Crippen molar-refractivity contribution >= 4 is 22.0 Å². The van der Waals surface area contributed by atoms with Crippen molar-refractivity contribution in [3.05, 3.63) is 12.2 Å². The van der Waals surface area contributed by atoms with Crippen LogP contribution in [0.2, 0.25) is 0 Å². The van der Waals surface area contributed by atoms with E-state index in [0.29, 0.717) is 13.2 Å². The number of alkyl halides is 1. The Morgan fingerprint density at radius 1 is 1.85 bits per heavy atom. The average Bonchev–Trinajstić information content (AvgIpc) is 2.10. The van der Waals surface area contributed by atoms with Crippen molar-refractivity contribution in [3.8, 4) is 0 Å². The third-order valence-corrected chi connectivity index (χ3v) is 2.99. The van der Waals surface area contributed by atoms with E-state index in [1.54, 1.807) is 4.90 Å². The van der Waals surface area contributed by atoms with Gasteiger partial charge in [0.2, 0.25) is 0 Å². The molecule has 1 fully saturated rings. The van der Waals surface area contributed by atoms with Gasteiger partial charge in [0.25, 0.3) is 0 Å². The normalized spacial score (nSPS) is 23.1. The van der Waals surface area contributed by atoms with Gasteiger partial charge in [0.15, 0.2) is 0 Å². The molecule has 0 aliphatic carbocycles. The summed E-state index contributed by atoms with van der Waals surface area (Å²) in [5.74, 6) is 0. The second kappa shape index (κ2) is 4.65. The van der Waals surface area contributed by atoms with Crippen molar-refractivity contribution in [2.75, 3.05) is 19.7 Å². The number of hydrogen-bond donors (Lipinski definition) is 0. The topological polar surface area (TPSA) is 29.5 Å². The molecule has 13 heavy (non-hydrogen) atoms. The Labute approximate surface area is 86.9 Å². The van der Waals surface area contributed by atoms with Crippen molar-refractivity contribution in [1.29, 1.82) is 0 Å². The number of piperidine rings is 1. The van der Waals surface area contributed by atoms with E-state index in [2.05, 4.69) is 22.5 Å². The SMILES string of the molecule is C=C1CCN(C(=O)OCC)CC1Br. The second-order valence-corrected chi connectivity index (χ2v) is 4.13. The monoisotopic (exact) mass is 247 g/mol. The molecule has 1 aliphatic rings. The van der Waals surface area contributed by atoms with Gasteiger partial charge in [-0.05, 0) is 13.3 Å². The van der Waals surface area contributed by atoms with Crippen molar-refractivity contribution in [2.45, 2.75) is 18.2 Å². The summed E-state index contributed by atoms with van der Waals surface area (Å²) in [6.45, 7) is 7.54. The fraction of sp³-hybridized carbons (Fsp3) is 0.667. The predicted octanol–water partition coefficient (Wildman–Crippen LogP) is 2.17. The summed E-state index contributed by atoms with van der Waals surface area (Å²) >= 11 is 3.46. The van der Waals surface area contributed by atoms with Gasteiger partial charge in [-0.25, -0.2) is 4.79 Å². The highest BCUT2D eigenvalue weighted by atomic mass is 79.9. The molecule has 1 heterocycles. The van der Waals surface area contributed by atoms with E-state index in [9.17, 15) is 4.79 Å². The molecule has 1 aliphatic heterocycles. The Morgan fingerprint density at radius 3 is 3.08 bits per heavy atom. The van der Waals surface area contributed by atoms with Gasteiger partial charge in [0.05, 0.1) is 11.4 Å². The summed E-state index contributed by atoms with van der Waals surface area (Å²) in [6, 6.07) is 0. The van der Waals surface area contributed by atoms with Crippen molar-refractivity contribution in [2.24, 2.45) is 0 Å². The predicted molar refractivity (Wildman–Crippen MR) is 55.1 cm³/mol. The highest BCUT2D eigenvalue weighted by Crippen LogP contribution is 2.21. The van der Waals surface area contributed by atoms with Crippen LogP contribution in [0, 0.1) is 0 Å². The molecule has 0 spiro atoms. The van der Waals surface area contributed by atoms with Gasteiger partial charge >= 0.3 is 6.09 Å². The summed E-state index contributed by atoms with van der Waals surface area (Å²) < 4.78 is 4.90. The van der Waals surface area contributed by atoms with Crippen molar-refractivity contribution < 1.29 is 9.53 Å². The summed E-state index contributed by atoms with van der Waals surface area (Å²) in [5, 5.41) is 0. The summed E-state index contributed by atoms with van der Waals surface area (Å²) in [4.78, 5) is 13.2. The van der Waals surface area contributed by atoms with Crippen molar-refractivity contribution in [1.82, 2.24) is 4.90 Å². The fourth-order valence-corrected chi connectivity index (χ4v) is 1.81. The van der Waals surface area contributed by atoms with Crippen LogP contribution in [-0.4, -0.2) is 35.5 Å². The van der Waals surface area contributed by atoms with Gasteiger partial charge in [0, 0.05) is 13.1 Å². The van der Waals surface area contributed by atoms with Gasteiger partial charge in [0.1, 0.15) is 0 Å². The number of nitrogens with zero attached hydrogens (tertiary/aromatic N) is 1. The molecule has 3 nitrogen and oxygen atoms in total. The number of carbonyl (C=O) groups excluding carboxylic acids is 1. The lowest BCUT2D eigenvalue weighted by Crippen LogP contribution is -2.41. The number of hydrogen-bond acceptors (Lipinski definition) is 2. The molecule has 0 aromatic rings. The fourth-order valence-electron chi connectivity index (χ4n) is 1.23. The van der Waals surface area contributed by atoms with Crippen LogP contribution in [0.4, 0.5) is 4.79 Å². The molecule has 0 aromatic carbocycles. The zero-order valence-corrected chi connectivity index (χ0v) is 9.34. The number of halogens is 1. The maximum atomic E-state index is 11.3. The van der Waals surface area contributed by atoms with Crippen LogP contribution in [0.1, 0.15) is 13.3 Å². The Hall–Kier alpha value is -0.510. The minimum Gasteiger partial charge on any atom is -0.450 e. The Balaban J connectivity index is 2.45. The summed E-state index contributed by atoms with van der Waals surface area (Å²) in [5.41, 5.74) is 1.15. The Morgan fingerprint density at radius 2 is 2.54 bits per heavy atom. The maximum absolute atomic E-state index is 11.3. The van der Waals surface area contributed by atoms with E-state index in [1.165, 1.54) is 0 Å². The van der Waals surface area contributed by atoms with Crippen LogP contribution in [0.3, 0.4) is 0 Å². The second-order valence-electron chi connectivity index (χ2n) is 3.02. The first kappa shape index (κ1) is 10.6. The van der Waals surface area contributed by atoms with Gasteiger partial charge in [-0.2, -0.15) is 0 Å². The lowest BCUT2D eigenvalue weighted by Gasteiger charge is -2.30. The standard InChI is InChI=1S/C9H14BrNO2/c1-3-13-9(12)11-5-4-7(2)8(10)6-11/h8H,2-6H2,1H3.